The van der Waals surface area contributed by atoms with Crippen molar-refractivity contribution in [1.82, 2.24) is 9.55 Å². The fourth-order valence-corrected chi connectivity index (χ4v) is 2.22. The van der Waals surface area contributed by atoms with Gasteiger partial charge in [0.1, 0.15) is 11.6 Å². The van der Waals surface area contributed by atoms with Gasteiger partial charge in [0.25, 0.3) is 11.5 Å². The van der Waals surface area contributed by atoms with E-state index in [4.69, 9.17) is 4.74 Å². The Balaban J connectivity index is 1.89. The van der Waals surface area contributed by atoms with Gasteiger partial charge in [-0.05, 0) is 48.5 Å². The number of anilines is 1. The van der Waals surface area contributed by atoms with Gasteiger partial charge in [-0.3, -0.25) is 14.2 Å². The maximum Gasteiger partial charge on any atom is 0.298 e. The van der Waals surface area contributed by atoms with Gasteiger partial charge in [0.05, 0.1) is 7.11 Å². The maximum atomic E-state index is 12.9. The van der Waals surface area contributed by atoms with Crippen molar-refractivity contribution in [3.8, 4) is 11.4 Å². The molecule has 0 unspecified atom stereocenters. The van der Waals surface area contributed by atoms with Crippen LogP contribution in [0.4, 0.5) is 10.2 Å². The van der Waals surface area contributed by atoms with Crippen molar-refractivity contribution in [3.63, 3.8) is 0 Å². The number of hydrogen-bond acceptors (Lipinski definition) is 4. The number of aromatic nitrogens is 2. The summed E-state index contributed by atoms with van der Waals surface area (Å²) in [4.78, 5) is 28.6. The Morgan fingerprint density at radius 3 is 2.44 bits per heavy atom. The fraction of sp³-hybridized carbons (Fsp3) is 0.0556. The predicted molar refractivity (Wildman–Crippen MR) is 90.7 cm³/mol. The van der Waals surface area contributed by atoms with E-state index in [0.717, 1.165) is 0 Å². The molecule has 0 atom stereocenters. The number of methoxy groups -OCH3 is 1. The number of amides is 1. The minimum absolute atomic E-state index is 0.118. The average Bonchev–Trinajstić information content (AvgIpc) is 2.64. The minimum atomic E-state index is -0.544. The van der Waals surface area contributed by atoms with Gasteiger partial charge < -0.3 is 10.1 Å². The maximum absolute atomic E-state index is 12.9. The third kappa shape index (κ3) is 3.55. The lowest BCUT2D eigenvalue weighted by atomic mass is 10.2. The number of benzene rings is 2. The van der Waals surface area contributed by atoms with E-state index in [2.05, 4.69) is 10.3 Å². The first-order valence-corrected chi connectivity index (χ1v) is 7.37. The molecule has 3 aromatic rings. The summed E-state index contributed by atoms with van der Waals surface area (Å²) in [6.07, 6.45) is 2.91. The highest BCUT2D eigenvalue weighted by Crippen LogP contribution is 2.14. The zero-order valence-corrected chi connectivity index (χ0v) is 13.3. The second-order valence-electron chi connectivity index (χ2n) is 5.11. The monoisotopic (exact) mass is 339 g/mol. The van der Waals surface area contributed by atoms with Crippen LogP contribution < -0.4 is 15.6 Å². The Hall–Kier alpha value is -3.48. The third-order valence-corrected chi connectivity index (χ3v) is 3.53. The summed E-state index contributed by atoms with van der Waals surface area (Å²) >= 11 is 0. The molecular formula is C18H14FN3O3. The molecule has 0 radical (unpaired) electrons. The van der Waals surface area contributed by atoms with Crippen LogP contribution >= 0.6 is 0 Å². The van der Waals surface area contributed by atoms with Gasteiger partial charge in [0, 0.05) is 23.6 Å². The van der Waals surface area contributed by atoms with Crippen LogP contribution in [0.3, 0.4) is 0 Å². The summed E-state index contributed by atoms with van der Waals surface area (Å²) in [5, 5.41) is 2.45. The molecule has 1 N–H and O–H groups in total. The lowest BCUT2D eigenvalue weighted by molar-refractivity contribution is 0.102. The number of rotatable bonds is 4. The smallest absolute Gasteiger partial charge is 0.298 e. The number of ether oxygens (including phenoxy) is 1. The van der Waals surface area contributed by atoms with Gasteiger partial charge >= 0.3 is 0 Å². The SMILES string of the molecule is COc1ccc(-n2ccnc(NC(=O)c3ccc(F)cc3)c2=O)cc1. The Kier molecular flexibility index (Phi) is 4.56. The lowest BCUT2D eigenvalue weighted by Crippen LogP contribution is -2.26. The molecule has 0 aliphatic carbocycles. The van der Waals surface area contributed by atoms with Crippen LogP contribution in [0.2, 0.25) is 0 Å². The van der Waals surface area contributed by atoms with Crippen LogP contribution in [0, 0.1) is 5.82 Å². The van der Waals surface area contributed by atoms with Crippen molar-refractivity contribution < 1.29 is 13.9 Å². The second kappa shape index (κ2) is 6.96. The van der Waals surface area contributed by atoms with E-state index in [1.807, 2.05) is 0 Å². The quantitative estimate of drug-likeness (QED) is 0.793. The number of carbonyl (C=O) groups excluding carboxylic acids is 1. The highest BCUT2D eigenvalue weighted by Gasteiger charge is 2.12. The molecule has 6 nitrogen and oxygen atoms in total. The summed E-state index contributed by atoms with van der Waals surface area (Å²) in [5.41, 5.74) is 0.344. The van der Waals surface area contributed by atoms with Gasteiger partial charge in [0.15, 0.2) is 5.82 Å². The van der Waals surface area contributed by atoms with Crippen LogP contribution in [-0.4, -0.2) is 22.6 Å². The summed E-state index contributed by atoms with van der Waals surface area (Å²) in [6, 6.07) is 11.9. The van der Waals surface area contributed by atoms with Gasteiger partial charge in [-0.25, -0.2) is 9.37 Å². The van der Waals surface area contributed by atoms with Crippen LogP contribution in [0.15, 0.2) is 65.7 Å². The molecule has 0 saturated carbocycles. The lowest BCUT2D eigenvalue weighted by Gasteiger charge is -2.09. The molecule has 0 saturated heterocycles. The van der Waals surface area contributed by atoms with Crippen molar-refractivity contribution in [3.05, 3.63) is 82.7 Å². The van der Waals surface area contributed by atoms with E-state index < -0.39 is 17.3 Å². The van der Waals surface area contributed by atoms with E-state index in [1.165, 1.54) is 41.2 Å². The first-order valence-electron chi connectivity index (χ1n) is 7.37. The number of hydrogen-bond donors (Lipinski definition) is 1. The van der Waals surface area contributed by atoms with Crippen molar-refractivity contribution in [1.29, 1.82) is 0 Å². The highest BCUT2D eigenvalue weighted by atomic mass is 19.1. The normalized spacial score (nSPS) is 10.3. The largest absolute Gasteiger partial charge is 0.497 e. The number of nitrogens with zero attached hydrogens (tertiary/aromatic N) is 2. The van der Waals surface area contributed by atoms with Gasteiger partial charge in [-0.2, -0.15) is 0 Å². The first kappa shape index (κ1) is 16.4. The van der Waals surface area contributed by atoms with E-state index in [-0.39, 0.29) is 11.4 Å². The molecule has 2 aromatic carbocycles. The fourth-order valence-electron chi connectivity index (χ4n) is 2.22. The Bertz CT molecular complexity index is 951. The van der Waals surface area contributed by atoms with E-state index in [1.54, 1.807) is 31.4 Å². The number of halogens is 1. The Labute approximate surface area is 142 Å². The van der Waals surface area contributed by atoms with Crippen LogP contribution in [0.5, 0.6) is 5.75 Å². The first-order chi connectivity index (χ1) is 12.1. The van der Waals surface area contributed by atoms with E-state index in [9.17, 15) is 14.0 Å². The molecule has 126 valence electrons. The molecular weight excluding hydrogens is 325 g/mol. The standard InChI is InChI=1S/C18H14FN3O3/c1-25-15-8-6-14(7-9-15)22-11-10-20-16(18(22)24)21-17(23)12-2-4-13(19)5-3-12/h2-11H,1H3,(H,20,21,23). The molecule has 3 rings (SSSR count). The summed E-state index contributed by atoms with van der Waals surface area (Å²) in [7, 11) is 1.55. The van der Waals surface area contributed by atoms with Crippen LogP contribution in [-0.2, 0) is 0 Å². The Morgan fingerprint density at radius 2 is 1.80 bits per heavy atom. The van der Waals surface area contributed by atoms with Crippen LogP contribution in [0.1, 0.15) is 10.4 Å². The molecule has 0 fully saturated rings. The highest BCUT2D eigenvalue weighted by molar-refractivity contribution is 6.03. The Morgan fingerprint density at radius 1 is 1.12 bits per heavy atom. The van der Waals surface area contributed by atoms with Gasteiger partial charge in [0.2, 0.25) is 0 Å². The molecule has 0 aliphatic rings. The molecule has 7 heteroatoms. The van der Waals surface area contributed by atoms with Crippen molar-refractivity contribution in [2.45, 2.75) is 0 Å². The second-order valence-corrected chi connectivity index (χ2v) is 5.11. The van der Waals surface area contributed by atoms with Gasteiger partial charge in [-0.15, -0.1) is 0 Å². The van der Waals surface area contributed by atoms with E-state index >= 15 is 0 Å². The number of nitrogens with one attached hydrogen (secondary N) is 1. The predicted octanol–water partition coefficient (Wildman–Crippen LogP) is 2.63. The average molecular weight is 339 g/mol. The molecule has 0 aliphatic heterocycles. The molecule has 1 aromatic heterocycles. The van der Waals surface area contributed by atoms with Crippen molar-refractivity contribution >= 4 is 11.7 Å². The summed E-state index contributed by atoms with van der Waals surface area (Å²) in [5.74, 6) is -0.448. The summed E-state index contributed by atoms with van der Waals surface area (Å²) < 4.78 is 19.4. The molecule has 1 amide bonds. The van der Waals surface area contributed by atoms with Gasteiger partial charge in [-0.1, -0.05) is 0 Å². The molecule has 0 spiro atoms. The van der Waals surface area contributed by atoms with E-state index in [0.29, 0.717) is 11.4 Å². The zero-order valence-electron chi connectivity index (χ0n) is 13.3. The third-order valence-electron chi connectivity index (χ3n) is 3.53. The molecule has 1 heterocycles. The number of carbonyl (C=O) groups is 1. The molecule has 0 bridgehead atoms. The van der Waals surface area contributed by atoms with Crippen molar-refractivity contribution in [2.75, 3.05) is 12.4 Å². The van der Waals surface area contributed by atoms with Crippen LogP contribution in [0.25, 0.3) is 5.69 Å². The minimum Gasteiger partial charge on any atom is -0.497 e. The van der Waals surface area contributed by atoms with Crippen molar-refractivity contribution in [2.24, 2.45) is 0 Å². The molecule has 25 heavy (non-hydrogen) atoms. The zero-order chi connectivity index (χ0) is 17.8. The summed E-state index contributed by atoms with van der Waals surface area (Å²) in [6.45, 7) is 0. The topological polar surface area (TPSA) is 73.2 Å².